The van der Waals surface area contributed by atoms with Gasteiger partial charge in [0.1, 0.15) is 0 Å². The van der Waals surface area contributed by atoms with Gasteiger partial charge >= 0.3 is 0 Å². The Labute approximate surface area is 104 Å². The normalized spacial score (nSPS) is 10.1. The van der Waals surface area contributed by atoms with Gasteiger partial charge in [0.2, 0.25) is 0 Å². The molecule has 0 amide bonds. The highest BCUT2D eigenvalue weighted by molar-refractivity contribution is 5.48. The molecule has 0 saturated heterocycles. The summed E-state index contributed by atoms with van der Waals surface area (Å²) in [5.74, 6) is 1.72. The van der Waals surface area contributed by atoms with Gasteiger partial charge in [0, 0.05) is 12.1 Å². The van der Waals surface area contributed by atoms with Crippen LogP contribution in [0.3, 0.4) is 0 Å². The summed E-state index contributed by atoms with van der Waals surface area (Å²) in [6.45, 7) is 2.90. The minimum atomic E-state index is 0.320. The van der Waals surface area contributed by atoms with E-state index < -0.39 is 0 Å². The van der Waals surface area contributed by atoms with Crippen molar-refractivity contribution in [3.8, 4) is 11.5 Å². The second-order valence-corrected chi connectivity index (χ2v) is 3.41. The molecule has 96 valence electrons. The van der Waals surface area contributed by atoms with E-state index in [0.717, 1.165) is 5.56 Å². The van der Waals surface area contributed by atoms with Crippen molar-refractivity contribution in [1.82, 2.24) is 20.6 Å². The summed E-state index contributed by atoms with van der Waals surface area (Å²) in [7, 11) is 1.61. The highest BCUT2D eigenvalue weighted by atomic mass is 16.5. The summed E-state index contributed by atoms with van der Waals surface area (Å²) >= 11 is 0. The Bertz CT molecular complexity index is 486. The molecule has 0 saturated carbocycles. The van der Waals surface area contributed by atoms with Crippen LogP contribution in [-0.4, -0.2) is 34.3 Å². The predicted octanol–water partition coefficient (Wildman–Crippen LogP) is 1.81. The number of benzene rings is 1. The molecule has 0 bridgehead atoms. The van der Waals surface area contributed by atoms with Crippen LogP contribution in [0, 0.1) is 0 Å². The summed E-state index contributed by atoms with van der Waals surface area (Å²) < 4.78 is 10.8. The molecule has 1 heterocycles. The number of hydrogen-bond acceptors (Lipinski definition) is 5. The first-order chi connectivity index (χ1) is 8.85. The van der Waals surface area contributed by atoms with Crippen LogP contribution >= 0.6 is 0 Å². The van der Waals surface area contributed by atoms with Gasteiger partial charge in [-0.15, -0.1) is 5.21 Å². The zero-order chi connectivity index (χ0) is 12.8. The standard InChI is InChI=1S/C11H14N5O2/c1-3-18-10-8(5-4-6-9(10)17-2)7-12-11-13-15-16-14-11/h4-6H,3,7H2,1-2H3,(H-,12,13,14,15,16)/q-1. The minimum absolute atomic E-state index is 0.320. The number of nitrogens with zero attached hydrogens (tertiary/aromatic N) is 4. The fourth-order valence-corrected chi connectivity index (χ4v) is 1.53. The number of methoxy groups -OCH3 is 1. The van der Waals surface area contributed by atoms with E-state index in [4.69, 9.17) is 9.47 Å². The molecule has 0 aliphatic rings. The Kier molecular flexibility index (Phi) is 3.95. The summed E-state index contributed by atoms with van der Waals surface area (Å²) in [6, 6.07) is 5.67. The molecule has 7 heteroatoms. The maximum Gasteiger partial charge on any atom is 0.164 e. The van der Waals surface area contributed by atoms with Gasteiger partial charge in [-0.2, -0.15) is 0 Å². The maximum absolute atomic E-state index is 5.58. The first kappa shape index (κ1) is 12.2. The average molecular weight is 248 g/mol. The van der Waals surface area contributed by atoms with E-state index in [1.54, 1.807) is 7.11 Å². The smallest absolute Gasteiger partial charge is 0.164 e. The van der Waals surface area contributed by atoms with Crippen LogP contribution < -0.4 is 9.47 Å². The van der Waals surface area contributed by atoms with Crippen molar-refractivity contribution in [2.45, 2.75) is 13.5 Å². The van der Waals surface area contributed by atoms with Gasteiger partial charge < -0.3 is 14.8 Å². The number of aromatic amines is 1. The van der Waals surface area contributed by atoms with Gasteiger partial charge in [0.15, 0.2) is 11.5 Å². The first-order valence-corrected chi connectivity index (χ1v) is 5.54. The molecule has 1 aromatic heterocycles. The number of H-pyrrole nitrogens is 1. The molecule has 0 aliphatic heterocycles. The van der Waals surface area contributed by atoms with Crippen LogP contribution in [0.5, 0.6) is 11.5 Å². The highest BCUT2D eigenvalue weighted by Crippen LogP contribution is 2.33. The van der Waals surface area contributed by atoms with Gasteiger partial charge in [0.25, 0.3) is 0 Å². The van der Waals surface area contributed by atoms with E-state index in [2.05, 4.69) is 25.9 Å². The zero-order valence-electron chi connectivity index (χ0n) is 10.3. The van der Waals surface area contributed by atoms with Crippen LogP contribution in [0.25, 0.3) is 5.32 Å². The van der Waals surface area contributed by atoms with Gasteiger partial charge in [0.05, 0.1) is 19.7 Å². The molecule has 1 aromatic carbocycles. The number of nitrogens with one attached hydrogen (secondary N) is 1. The summed E-state index contributed by atoms with van der Waals surface area (Å²) in [4.78, 5) is 0. The average Bonchev–Trinajstić information content (AvgIpc) is 2.91. The third-order valence-corrected chi connectivity index (χ3v) is 2.29. The molecule has 18 heavy (non-hydrogen) atoms. The predicted molar refractivity (Wildman–Crippen MR) is 65.1 cm³/mol. The Balaban J connectivity index is 2.15. The zero-order valence-corrected chi connectivity index (χ0v) is 10.3. The van der Waals surface area contributed by atoms with Crippen molar-refractivity contribution in [2.24, 2.45) is 0 Å². The Morgan fingerprint density at radius 1 is 1.39 bits per heavy atom. The third-order valence-electron chi connectivity index (χ3n) is 2.29. The Morgan fingerprint density at radius 3 is 2.94 bits per heavy atom. The lowest BCUT2D eigenvalue weighted by Crippen LogP contribution is -1.99. The van der Waals surface area contributed by atoms with Crippen LogP contribution in [0.15, 0.2) is 18.2 Å². The lowest BCUT2D eigenvalue weighted by molar-refractivity contribution is 0.308. The van der Waals surface area contributed by atoms with E-state index in [1.807, 2.05) is 25.1 Å². The molecular weight excluding hydrogens is 234 g/mol. The fourth-order valence-electron chi connectivity index (χ4n) is 1.53. The topological polar surface area (TPSA) is 87.0 Å². The van der Waals surface area contributed by atoms with Crippen molar-refractivity contribution in [3.05, 3.63) is 29.1 Å². The molecule has 0 fully saturated rings. The monoisotopic (exact) mass is 248 g/mol. The molecule has 1 N–H and O–H groups in total. The van der Waals surface area contributed by atoms with Crippen LogP contribution in [0.4, 0.5) is 5.95 Å². The first-order valence-electron chi connectivity index (χ1n) is 5.54. The Morgan fingerprint density at radius 2 is 2.28 bits per heavy atom. The van der Waals surface area contributed by atoms with E-state index in [-0.39, 0.29) is 0 Å². The van der Waals surface area contributed by atoms with Crippen molar-refractivity contribution in [1.29, 1.82) is 0 Å². The lowest BCUT2D eigenvalue weighted by Gasteiger charge is -2.15. The van der Waals surface area contributed by atoms with Crippen molar-refractivity contribution < 1.29 is 9.47 Å². The van der Waals surface area contributed by atoms with Gasteiger partial charge in [-0.1, -0.05) is 12.1 Å². The molecule has 7 nitrogen and oxygen atoms in total. The molecule has 0 atom stereocenters. The lowest BCUT2D eigenvalue weighted by atomic mass is 10.2. The summed E-state index contributed by atoms with van der Waals surface area (Å²) in [5.41, 5.74) is 0.918. The Hall–Kier alpha value is -2.31. The molecule has 2 aromatic rings. The third kappa shape index (κ3) is 2.68. The van der Waals surface area contributed by atoms with E-state index in [0.29, 0.717) is 30.6 Å². The second-order valence-electron chi connectivity index (χ2n) is 3.41. The van der Waals surface area contributed by atoms with Crippen molar-refractivity contribution in [3.63, 3.8) is 0 Å². The fraction of sp³-hybridized carbons (Fsp3) is 0.364. The second kappa shape index (κ2) is 5.85. The summed E-state index contributed by atoms with van der Waals surface area (Å²) in [6.07, 6.45) is 0. The van der Waals surface area contributed by atoms with Crippen LogP contribution in [0.2, 0.25) is 0 Å². The molecule has 0 spiro atoms. The molecule has 0 unspecified atom stereocenters. The van der Waals surface area contributed by atoms with E-state index >= 15 is 0 Å². The van der Waals surface area contributed by atoms with Gasteiger partial charge in [-0.25, -0.2) is 0 Å². The van der Waals surface area contributed by atoms with Gasteiger partial charge in [-0.3, -0.25) is 15.4 Å². The van der Waals surface area contributed by atoms with Crippen LogP contribution in [-0.2, 0) is 6.54 Å². The SMILES string of the molecule is CCOc1c(C[N-]c2nn[nH]n2)cccc1OC. The van der Waals surface area contributed by atoms with Crippen LogP contribution in [0.1, 0.15) is 12.5 Å². The van der Waals surface area contributed by atoms with E-state index in [1.165, 1.54) is 0 Å². The largest absolute Gasteiger partial charge is 0.493 e. The quantitative estimate of drug-likeness (QED) is 0.842. The van der Waals surface area contributed by atoms with Crippen molar-refractivity contribution in [2.75, 3.05) is 13.7 Å². The number of aromatic nitrogens is 4. The van der Waals surface area contributed by atoms with E-state index in [9.17, 15) is 0 Å². The minimum Gasteiger partial charge on any atom is -0.493 e. The summed E-state index contributed by atoms with van der Waals surface area (Å²) in [5, 5.41) is 17.5. The number of rotatable bonds is 6. The highest BCUT2D eigenvalue weighted by Gasteiger charge is 2.08. The molecule has 0 radical (unpaired) electrons. The number of tetrazole rings is 1. The molecule has 0 aliphatic carbocycles. The number of para-hydroxylation sites is 1. The van der Waals surface area contributed by atoms with Gasteiger partial charge in [-0.05, 0) is 13.0 Å². The molecule has 2 rings (SSSR count). The molecular formula is C11H14N5O2-. The van der Waals surface area contributed by atoms with Crippen molar-refractivity contribution >= 4 is 5.95 Å². The number of hydrogen-bond donors (Lipinski definition) is 1. The maximum atomic E-state index is 5.58. The number of ether oxygens (including phenoxy) is 2.